The molecule has 1 heterocycles. The number of benzene rings is 1. The molecule has 1 aromatic carbocycles. The molecule has 3 rings (SSSR count). The Morgan fingerprint density at radius 1 is 1.26 bits per heavy atom. The summed E-state index contributed by atoms with van der Waals surface area (Å²) in [4.78, 5) is 26.9. The minimum Gasteiger partial charge on any atom is -0.481 e. The largest absolute Gasteiger partial charge is 0.481 e. The van der Waals surface area contributed by atoms with Crippen LogP contribution in [0.25, 0.3) is 10.9 Å². The van der Waals surface area contributed by atoms with Crippen LogP contribution in [0, 0.1) is 13.8 Å². The summed E-state index contributed by atoms with van der Waals surface area (Å²) in [5, 5.41) is 13.2. The second-order valence-electron chi connectivity index (χ2n) is 6.66. The number of aryl methyl sites for hydroxylation is 2. The summed E-state index contributed by atoms with van der Waals surface area (Å²) in [6.07, 6.45) is 3.35. The predicted molar refractivity (Wildman–Crippen MR) is 88.7 cm³/mol. The summed E-state index contributed by atoms with van der Waals surface area (Å²) >= 11 is 0. The molecule has 5 nitrogen and oxygen atoms in total. The zero-order chi connectivity index (χ0) is 16.6. The van der Waals surface area contributed by atoms with E-state index in [9.17, 15) is 9.59 Å². The van der Waals surface area contributed by atoms with Crippen LogP contribution in [-0.2, 0) is 4.79 Å². The van der Waals surface area contributed by atoms with Gasteiger partial charge in [-0.3, -0.25) is 9.59 Å². The standard InChI is InChI=1S/C18H22N2O3/c1-11-5-6-14-13(12(11)2)9-15(19-14)17(23)20-18(10-16(21)22)7-3-4-8-18/h5-6,9,19H,3-4,7-8,10H2,1-2H3,(H,20,23)(H,21,22). The third-order valence-corrected chi connectivity index (χ3v) is 5.02. The Balaban J connectivity index is 1.88. The highest BCUT2D eigenvalue weighted by atomic mass is 16.4. The normalized spacial score (nSPS) is 16.6. The Morgan fingerprint density at radius 3 is 2.61 bits per heavy atom. The van der Waals surface area contributed by atoms with E-state index in [0.29, 0.717) is 5.69 Å². The number of hydrogen-bond acceptors (Lipinski definition) is 2. The Morgan fingerprint density at radius 2 is 1.96 bits per heavy atom. The summed E-state index contributed by atoms with van der Waals surface area (Å²) in [5.41, 5.74) is 3.15. The van der Waals surface area contributed by atoms with E-state index < -0.39 is 11.5 Å². The van der Waals surface area contributed by atoms with Crippen molar-refractivity contribution in [1.29, 1.82) is 0 Å². The van der Waals surface area contributed by atoms with Crippen LogP contribution in [0.1, 0.15) is 53.7 Å². The number of aromatic amines is 1. The first-order valence-electron chi connectivity index (χ1n) is 8.03. The Bertz CT molecular complexity index is 770. The minimum atomic E-state index is -0.865. The molecule has 1 fully saturated rings. The first kappa shape index (κ1) is 15.6. The number of carboxylic acid groups (broad SMARTS) is 1. The van der Waals surface area contributed by atoms with Crippen molar-refractivity contribution in [1.82, 2.24) is 10.3 Å². The first-order chi connectivity index (χ1) is 10.9. The molecule has 2 aromatic rings. The molecule has 0 spiro atoms. The molecule has 0 unspecified atom stereocenters. The van der Waals surface area contributed by atoms with Crippen molar-refractivity contribution in [2.24, 2.45) is 0 Å². The molecule has 0 saturated heterocycles. The van der Waals surface area contributed by atoms with Crippen LogP contribution in [-0.4, -0.2) is 27.5 Å². The smallest absolute Gasteiger partial charge is 0.305 e. The van der Waals surface area contributed by atoms with E-state index in [0.717, 1.165) is 42.1 Å². The molecule has 1 aromatic heterocycles. The molecule has 1 saturated carbocycles. The molecule has 1 aliphatic carbocycles. The van der Waals surface area contributed by atoms with Gasteiger partial charge in [-0.1, -0.05) is 18.9 Å². The Hall–Kier alpha value is -2.30. The van der Waals surface area contributed by atoms with Crippen molar-refractivity contribution in [2.75, 3.05) is 0 Å². The van der Waals surface area contributed by atoms with E-state index in [2.05, 4.69) is 10.3 Å². The number of carbonyl (C=O) groups excluding carboxylic acids is 1. The lowest BCUT2D eigenvalue weighted by molar-refractivity contribution is -0.138. The molecule has 0 aliphatic heterocycles. The second-order valence-corrected chi connectivity index (χ2v) is 6.66. The number of carboxylic acids is 1. The number of carbonyl (C=O) groups is 2. The number of nitrogens with one attached hydrogen (secondary N) is 2. The molecular formula is C18H22N2O3. The Labute approximate surface area is 135 Å². The van der Waals surface area contributed by atoms with E-state index in [1.54, 1.807) is 0 Å². The van der Waals surface area contributed by atoms with Gasteiger partial charge in [0.25, 0.3) is 5.91 Å². The van der Waals surface area contributed by atoms with Gasteiger partial charge in [0.2, 0.25) is 0 Å². The number of aromatic nitrogens is 1. The maximum Gasteiger partial charge on any atom is 0.305 e. The third-order valence-electron chi connectivity index (χ3n) is 5.02. The maximum atomic E-state index is 12.6. The quantitative estimate of drug-likeness (QED) is 0.809. The fourth-order valence-electron chi connectivity index (χ4n) is 3.58. The number of hydrogen-bond donors (Lipinski definition) is 3. The predicted octanol–water partition coefficient (Wildman–Crippen LogP) is 3.30. The highest BCUT2D eigenvalue weighted by Gasteiger charge is 2.37. The van der Waals surface area contributed by atoms with Crippen LogP contribution >= 0.6 is 0 Å². The van der Waals surface area contributed by atoms with Gasteiger partial charge in [-0.15, -0.1) is 0 Å². The van der Waals surface area contributed by atoms with Crippen molar-refractivity contribution >= 4 is 22.8 Å². The van der Waals surface area contributed by atoms with Crippen LogP contribution in [0.2, 0.25) is 0 Å². The van der Waals surface area contributed by atoms with Crippen molar-refractivity contribution in [3.63, 3.8) is 0 Å². The minimum absolute atomic E-state index is 0.0168. The summed E-state index contributed by atoms with van der Waals surface area (Å²) in [7, 11) is 0. The van der Waals surface area contributed by atoms with Crippen LogP contribution in [0.3, 0.4) is 0 Å². The van der Waals surface area contributed by atoms with Crippen molar-refractivity contribution in [3.8, 4) is 0 Å². The monoisotopic (exact) mass is 314 g/mol. The van der Waals surface area contributed by atoms with Crippen LogP contribution in [0.4, 0.5) is 0 Å². The molecular weight excluding hydrogens is 292 g/mol. The highest BCUT2D eigenvalue weighted by Crippen LogP contribution is 2.33. The summed E-state index contributed by atoms with van der Waals surface area (Å²) in [5.74, 6) is -1.09. The van der Waals surface area contributed by atoms with Gasteiger partial charge in [0.05, 0.1) is 12.0 Å². The molecule has 3 N–H and O–H groups in total. The number of rotatable bonds is 4. The van der Waals surface area contributed by atoms with Crippen molar-refractivity contribution < 1.29 is 14.7 Å². The summed E-state index contributed by atoms with van der Waals surface area (Å²) < 4.78 is 0. The fourth-order valence-corrected chi connectivity index (χ4v) is 3.58. The van der Waals surface area contributed by atoms with Crippen molar-refractivity contribution in [2.45, 2.75) is 51.5 Å². The third kappa shape index (κ3) is 2.96. The molecule has 0 atom stereocenters. The summed E-state index contributed by atoms with van der Waals surface area (Å²) in [6, 6.07) is 5.85. The number of amides is 1. The van der Waals surface area contributed by atoms with E-state index in [4.69, 9.17) is 5.11 Å². The molecule has 1 aliphatic rings. The molecule has 5 heteroatoms. The molecule has 1 amide bonds. The van der Waals surface area contributed by atoms with Crippen LogP contribution < -0.4 is 5.32 Å². The van der Waals surface area contributed by atoms with Gasteiger partial charge in [0, 0.05) is 10.9 Å². The topological polar surface area (TPSA) is 82.2 Å². The average Bonchev–Trinajstić information content (AvgIpc) is 3.09. The number of fused-ring (bicyclic) bond motifs is 1. The van der Waals surface area contributed by atoms with E-state index in [-0.39, 0.29) is 12.3 Å². The van der Waals surface area contributed by atoms with Gasteiger partial charge in [0.1, 0.15) is 5.69 Å². The van der Waals surface area contributed by atoms with Gasteiger partial charge < -0.3 is 15.4 Å². The molecule has 0 radical (unpaired) electrons. The zero-order valence-corrected chi connectivity index (χ0v) is 13.5. The lowest BCUT2D eigenvalue weighted by Gasteiger charge is -2.28. The molecule has 122 valence electrons. The van der Waals surface area contributed by atoms with E-state index in [1.165, 1.54) is 5.56 Å². The fraction of sp³-hybridized carbons (Fsp3) is 0.444. The van der Waals surface area contributed by atoms with Gasteiger partial charge in [-0.2, -0.15) is 0 Å². The molecule has 0 bridgehead atoms. The number of H-pyrrole nitrogens is 1. The number of aliphatic carboxylic acids is 1. The van der Waals surface area contributed by atoms with Gasteiger partial charge >= 0.3 is 5.97 Å². The van der Waals surface area contributed by atoms with E-state index in [1.807, 2.05) is 32.0 Å². The molecule has 23 heavy (non-hydrogen) atoms. The van der Waals surface area contributed by atoms with Gasteiger partial charge in [-0.05, 0) is 49.9 Å². The summed E-state index contributed by atoms with van der Waals surface area (Å²) in [6.45, 7) is 4.08. The zero-order valence-electron chi connectivity index (χ0n) is 13.5. The Kier molecular flexibility index (Phi) is 3.88. The lowest BCUT2D eigenvalue weighted by atomic mass is 9.93. The van der Waals surface area contributed by atoms with E-state index >= 15 is 0 Å². The van der Waals surface area contributed by atoms with Gasteiger partial charge in [0.15, 0.2) is 0 Å². The van der Waals surface area contributed by atoms with Crippen LogP contribution in [0.15, 0.2) is 18.2 Å². The SMILES string of the molecule is Cc1ccc2[nH]c(C(=O)NC3(CC(=O)O)CCCC3)cc2c1C. The van der Waals surface area contributed by atoms with Crippen LogP contribution in [0.5, 0.6) is 0 Å². The second kappa shape index (κ2) is 5.72. The van der Waals surface area contributed by atoms with Gasteiger partial charge in [-0.25, -0.2) is 0 Å². The average molecular weight is 314 g/mol. The van der Waals surface area contributed by atoms with Crippen molar-refractivity contribution in [3.05, 3.63) is 35.0 Å². The maximum absolute atomic E-state index is 12.6. The first-order valence-corrected chi connectivity index (χ1v) is 8.03. The lowest BCUT2D eigenvalue weighted by Crippen LogP contribution is -2.47. The highest BCUT2D eigenvalue weighted by molar-refractivity contribution is 5.99.